The summed E-state index contributed by atoms with van der Waals surface area (Å²) in [6.07, 6.45) is 2.18. The lowest BCUT2D eigenvalue weighted by molar-refractivity contribution is -0.111. The number of hydrogen-bond donors (Lipinski definition) is 1. The van der Waals surface area contributed by atoms with Gasteiger partial charge in [0, 0.05) is 16.3 Å². The molecule has 0 saturated carbocycles. The zero-order valence-electron chi connectivity index (χ0n) is 11.5. The van der Waals surface area contributed by atoms with Crippen LogP contribution in [0.4, 0.5) is 10.5 Å². The van der Waals surface area contributed by atoms with Gasteiger partial charge in [0.1, 0.15) is 5.71 Å². The topological polar surface area (TPSA) is 67.8 Å². The van der Waals surface area contributed by atoms with Crippen LogP contribution < -0.4 is 5.32 Å². The molecule has 1 aliphatic rings. The molecule has 1 N–H and O–H groups in total. The molecule has 0 radical (unpaired) electrons. The van der Waals surface area contributed by atoms with Crippen LogP contribution in [-0.4, -0.2) is 17.6 Å². The van der Waals surface area contributed by atoms with Crippen molar-refractivity contribution in [2.45, 2.75) is 13.8 Å². The van der Waals surface area contributed by atoms with Crippen molar-refractivity contribution in [3.63, 3.8) is 0 Å². The average Bonchev–Trinajstić information content (AvgIpc) is 2.46. The standard InChI is InChI=1S/C15H13ClN2O3/c1-9-10(2)14(19)8-7-13(9)18-21-15(20)17-12-5-3-11(16)4-6-12/h3-8H,1-2H3,(H,17,20). The van der Waals surface area contributed by atoms with Gasteiger partial charge in [-0.15, -0.1) is 0 Å². The first-order valence-electron chi connectivity index (χ1n) is 6.19. The summed E-state index contributed by atoms with van der Waals surface area (Å²) in [5, 5.41) is 6.83. The van der Waals surface area contributed by atoms with E-state index < -0.39 is 6.09 Å². The predicted octanol–water partition coefficient (Wildman–Crippen LogP) is 3.72. The SMILES string of the molecule is CC1=C(C)C(=NOC(=O)Nc2ccc(Cl)cc2)C=CC1=O. The summed E-state index contributed by atoms with van der Waals surface area (Å²) in [6.45, 7) is 3.44. The number of ketones is 1. The first kappa shape index (κ1) is 15.0. The van der Waals surface area contributed by atoms with E-state index in [9.17, 15) is 9.59 Å². The zero-order chi connectivity index (χ0) is 15.4. The number of nitrogens with one attached hydrogen (secondary N) is 1. The van der Waals surface area contributed by atoms with Crippen molar-refractivity contribution in [3.8, 4) is 0 Å². The molecule has 0 atom stereocenters. The van der Waals surface area contributed by atoms with Crippen molar-refractivity contribution < 1.29 is 14.4 Å². The maximum Gasteiger partial charge on any atom is 0.437 e. The van der Waals surface area contributed by atoms with E-state index in [1.54, 1.807) is 38.1 Å². The Hall–Kier alpha value is -2.40. The number of benzene rings is 1. The highest BCUT2D eigenvalue weighted by atomic mass is 35.5. The van der Waals surface area contributed by atoms with Gasteiger partial charge in [-0.2, -0.15) is 0 Å². The van der Waals surface area contributed by atoms with Crippen molar-refractivity contribution in [1.29, 1.82) is 0 Å². The van der Waals surface area contributed by atoms with E-state index in [2.05, 4.69) is 10.5 Å². The number of oxime groups is 1. The van der Waals surface area contributed by atoms with Crippen LogP contribution in [0.5, 0.6) is 0 Å². The molecule has 1 aromatic rings. The summed E-state index contributed by atoms with van der Waals surface area (Å²) < 4.78 is 0. The molecule has 108 valence electrons. The van der Waals surface area contributed by atoms with E-state index >= 15 is 0 Å². The maximum atomic E-state index is 11.6. The summed E-state index contributed by atoms with van der Waals surface area (Å²) >= 11 is 5.75. The van der Waals surface area contributed by atoms with Crippen molar-refractivity contribution in [2.75, 3.05) is 5.32 Å². The van der Waals surface area contributed by atoms with Gasteiger partial charge in [-0.05, 0) is 55.8 Å². The second kappa shape index (κ2) is 6.37. The third-order valence-electron chi connectivity index (χ3n) is 3.03. The van der Waals surface area contributed by atoms with Crippen LogP contribution in [0.25, 0.3) is 0 Å². The maximum absolute atomic E-state index is 11.6. The number of halogens is 1. The Morgan fingerprint density at radius 3 is 2.48 bits per heavy atom. The van der Waals surface area contributed by atoms with Gasteiger partial charge in [-0.1, -0.05) is 16.8 Å². The Kier molecular flexibility index (Phi) is 4.55. The Balaban J connectivity index is 2.01. The number of nitrogens with zero attached hydrogens (tertiary/aromatic N) is 1. The number of allylic oxidation sites excluding steroid dienone is 4. The molecule has 21 heavy (non-hydrogen) atoms. The first-order valence-corrected chi connectivity index (χ1v) is 6.57. The van der Waals surface area contributed by atoms with Gasteiger partial charge in [-0.3, -0.25) is 14.9 Å². The minimum absolute atomic E-state index is 0.0722. The quantitative estimate of drug-likeness (QED) is 0.514. The predicted molar refractivity (Wildman–Crippen MR) is 81.5 cm³/mol. The van der Waals surface area contributed by atoms with Crippen LogP contribution in [-0.2, 0) is 9.63 Å². The molecule has 0 saturated heterocycles. The Labute approximate surface area is 126 Å². The summed E-state index contributed by atoms with van der Waals surface area (Å²) in [6, 6.07) is 6.58. The molecule has 5 nitrogen and oxygen atoms in total. The molecular formula is C15H13ClN2O3. The van der Waals surface area contributed by atoms with Crippen molar-refractivity contribution in [1.82, 2.24) is 0 Å². The number of carbonyl (C=O) groups excluding carboxylic acids is 2. The van der Waals surface area contributed by atoms with E-state index in [1.807, 2.05) is 0 Å². The molecule has 0 unspecified atom stereocenters. The Bertz CT molecular complexity index is 673. The zero-order valence-corrected chi connectivity index (χ0v) is 12.3. The van der Waals surface area contributed by atoms with Gasteiger partial charge >= 0.3 is 6.09 Å². The Morgan fingerprint density at radius 2 is 1.81 bits per heavy atom. The summed E-state index contributed by atoms with van der Waals surface area (Å²) in [4.78, 5) is 27.8. The Morgan fingerprint density at radius 1 is 1.14 bits per heavy atom. The lowest BCUT2D eigenvalue weighted by Gasteiger charge is -2.10. The minimum atomic E-state index is -0.722. The molecule has 0 spiro atoms. The van der Waals surface area contributed by atoms with E-state index in [4.69, 9.17) is 16.4 Å². The summed E-state index contributed by atoms with van der Waals surface area (Å²) in [5.74, 6) is -0.0722. The summed E-state index contributed by atoms with van der Waals surface area (Å²) in [7, 11) is 0. The fourth-order valence-corrected chi connectivity index (χ4v) is 1.77. The molecular weight excluding hydrogens is 292 g/mol. The largest absolute Gasteiger partial charge is 0.437 e. The molecule has 0 fully saturated rings. The lowest BCUT2D eigenvalue weighted by atomic mass is 9.97. The average molecular weight is 305 g/mol. The molecule has 0 heterocycles. The van der Waals surface area contributed by atoms with Crippen LogP contribution in [0.2, 0.25) is 5.02 Å². The van der Waals surface area contributed by atoms with Gasteiger partial charge in [0.2, 0.25) is 0 Å². The van der Waals surface area contributed by atoms with Gasteiger partial charge in [-0.25, -0.2) is 4.79 Å². The molecule has 1 aromatic carbocycles. The third-order valence-corrected chi connectivity index (χ3v) is 3.28. The van der Waals surface area contributed by atoms with Gasteiger partial charge in [0.15, 0.2) is 5.78 Å². The highest BCUT2D eigenvalue weighted by molar-refractivity contribution is 6.30. The fourth-order valence-electron chi connectivity index (χ4n) is 1.64. The second-order valence-corrected chi connectivity index (χ2v) is 4.87. The highest BCUT2D eigenvalue weighted by Crippen LogP contribution is 2.15. The number of rotatable bonds is 2. The van der Waals surface area contributed by atoms with Gasteiger partial charge in [0.25, 0.3) is 0 Å². The van der Waals surface area contributed by atoms with Crippen molar-refractivity contribution >= 4 is 34.9 Å². The van der Waals surface area contributed by atoms with Crippen LogP contribution in [0.3, 0.4) is 0 Å². The first-order chi connectivity index (χ1) is 9.97. The van der Waals surface area contributed by atoms with E-state index in [1.165, 1.54) is 12.2 Å². The number of carbonyl (C=O) groups is 2. The van der Waals surface area contributed by atoms with Gasteiger partial charge < -0.3 is 0 Å². The third kappa shape index (κ3) is 3.79. The van der Waals surface area contributed by atoms with Crippen LogP contribution >= 0.6 is 11.6 Å². The van der Waals surface area contributed by atoms with E-state index in [0.717, 1.165) is 0 Å². The van der Waals surface area contributed by atoms with Gasteiger partial charge in [0.05, 0.1) is 0 Å². The summed E-state index contributed by atoms with van der Waals surface area (Å²) in [5.41, 5.74) is 2.25. The fraction of sp³-hybridized carbons (Fsp3) is 0.133. The van der Waals surface area contributed by atoms with Crippen molar-refractivity contribution in [2.24, 2.45) is 5.16 Å². The molecule has 0 aromatic heterocycles. The normalized spacial score (nSPS) is 16.3. The van der Waals surface area contributed by atoms with E-state index in [-0.39, 0.29) is 5.78 Å². The molecule has 1 aliphatic carbocycles. The molecule has 0 aliphatic heterocycles. The number of hydrogen-bond acceptors (Lipinski definition) is 4. The lowest BCUT2D eigenvalue weighted by Crippen LogP contribution is -2.15. The highest BCUT2D eigenvalue weighted by Gasteiger charge is 2.15. The smallest absolute Gasteiger partial charge is 0.297 e. The van der Waals surface area contributed by atoms with E-state index in [0.29, 0.717) is 27.6 Å². The molecule has 0 bridgehead atoms. The monoisotopic (exact) mass is 304 g/mol. The molecule has 6 heteroatoms. The van der Waals surface area contributed by atoms with Crippen molar-refractivity contribution in [3.05, 3.63) is 52.6 Å². The van der Waals surface area contributed by atoms with Crippen LogP contribution in [0, 0.1) is 0 Å². The number of anilines is 1. The van der Waals surface area contributed by atoms with Crippen LogP contribution in [0.1, 0.15) is 13.8 Å². The number of amides is 1. The second-order valence-electron chi connectivity index (χ2n) is 4.43. The molecule has 1 amide bonds. The van der Waals surface area contributed by atoms with Crippen LogP contribution in [0.15, 0.2) is 52.7 Å². The molecule has 2 rings (SSSR count). The minimum Gasteiger partial charge on any atom is -0.297 e.